The van der Waals surface area contributed by atoms with Gasteiger partial charge in [-0.3, -0.25) is 19.8 Å². The van der Waals surface area contributed by atoms with E-state index in [2.05, 4.69) is 6.07 Å². The van der Waals surface area contributed by atoms with Crippen LogP contribution >= 0.6 is 11.3 Å². The third kappa shape index (κ3) is 3.80. The van der Waals surface area contributed by atoms with E-state index in [4.69, 9.17) is 5.73 Å². The minimum absolute atomic E-state index is 0.0212. The molecular formula is C24H23FN4O3S. The molecule has 170 valence electrons. The number of benzene rings is 1. The molecule has 1 aliphatic carbocycles. The number of halogens is 1. The van der Waals surface area contributed by atoms with Crippen LogP contribution in [0.5, 0.6) is 0 Å². The van der Waals surface area contributed by atoms with Crippen LogP contribution in [-0.2, 0) is 11.2 Å². The van der Waals surface area contributed by atoms with Crippen molar-refractivity contribution in [3.8, 4) is 6.07 Å². The molecule has 0 saturated carbocycles. The number of aryl methyl sites for hydroxylation is 1. The molecule has 7 nitrogen and oxygen atoms in total. The van der Waals surface area contributed by atoms with Crippen LogP contribution in [0.4, 0.5) is 15.8 Å². The average Bonchev–Trinajstić information content (AvgIpc) is 3.21. The molecule has 33 heavy (non-hydrogen) atoms. The maximum atomic E-state index is 13.9. The number of ketones is 1. The molecule has 1 aromatic carbocycles. The summed E-state index contributed by atoms with van der Waals surface area (Å²) in [7, 11) is 0. The second kappa shape index (κ2) is 8.12. The molecule has 1 aliphatic heterocycles. The Bertz CT molecular complexity index is 1280. The number of thiophene rings is 1. The lowest BCUT2D eigenvalue weighted by Crippen LogP contribution is -2.42. The lowest BCUT2D eigenvalue weighted by atomic mass is 9.69. The van der Waals surface area contributed by atoms with E-state index in [-0.39, 0.29) is 29.3 Å². The molecule has 0 saturated heterocycles. The van der Waals surface area contributed by atoms with Crippen LogP contribution in [0.15, 0.2) is 53.0 Å². The summed E-state index contributed by atoms with van der Waals surface area (Å²) in [4.78, 5) is 27.9. The van der Waals surface area contributed by atoms with Crippen molar-refractivity contribution in [1.29, 1.82) is 5.26 Å². The van der Waals surface area contributed by atoms with Gasteiger partial charge in [0.25, 0.3) is 5.69 Å². The van der Waals surface area contributed by atoms with Crippen molar-refractivity contribution >= 4 is 28.5 Å². The number of hydrogen-bond acceptors (Lipinski definition) is 7. The topological polar surface area (TPSA) is 113 Å². The lowest BCUT2D eigenvalue weighted by molar-refractivity contribution is -0.384. The number of nitro benzene ring substituents is 1. The first-order chi connectivity index (χ1) is 15.6. The predicted octanol–water partition coefficient (Wildman–Crippen LogP) is 5.30. The van der Waals surface area contributed by atoms with Gasteiger partial charge in [0.05, 0.1) is 28.5 Å². The number of nitriles is 1. The number of nitrogens with two attached hydrogens (primary N) is 1. The highest BCUT2D eigenvalue weighted by molar-refractivity contribution is 7.12. The van der Waals surface area contributed by atoms with E-state index in [1.54, 1.807) is 0 Å². The fourth-order valence-electron chi connectivity index (χ4n) is 4.64. The van der Waals surface area contributed by atoms with E-state index >= 15 is 0 Å². The van der Waals surface area contributed by atoms with Crippen LogP contribution in [0.3, 0.4) is 0 Å². The van der Waals surface area contributed by atoms with Gasteiger partial charge in [0, 0.05) is 27.4 Å². The molecule has 2 aliphatic rings. The number of carbonyl (C=O) groups is 1. The van der Waals surface area contributed by atoms with Crippen molar-refractivity contribution in [3.05, 3.63) is 78.7 Å². The molecule has 4 rings (SSSR count). The molecule has 0 radical (unpaired) electrons. The average molecular weight is 467 g/mol. The predicted molar refractivity (Wildman–Crippen MR) is 124 cm³/mol. The van der Waals surface area contributed by atoms with Crippen molar-refractivity contribution in [2.24, 2.45) is 11.1 Å². The van der Waals surface area contributed by atoms with Gasteiger partial charge in [0.15, 0.2) is 5.78 Å². The molecular weight excluding hydrogens is 443 g/mol. The monoisotopic (exact) mass is 466 g/mol. The number of rotatable bonds is 4. The summed E-state index contributed by atoms with van der Waals surface area (Å²) in [6.45, 7) is 5.92. The van der Waals surface area contributed by atoms with Gasteiger partial charge in [-0.05, 0) is 42.5 Å². The molecule has 1 unspecified atom stereocenters. The fourth-order valence-corrected chi connectivity index (χ4v) is 5.71. The Hall–Kier alpha value is -3.51. The number of Topliss-reactive ketones (excluding diaryl/α,β-unsaturated/α-hetero) is 1. The first kappa shape index (κ1) is 22.7. The molecule has 2 N–H and O–H groups in total. The fraction of sp³-hybridized carbons (Fsp3) is 0.333. The summed E-state index contributed by atoms with van der Waals surface area (Å²) in [6.07, 6.45) is 1.52. The van der Waals surface area contributed by atoms with E-state index in [9.17, 15) is 24.6 Å². The van der Waals surface area contributed by atoms with Crippen LogP contribution < -0.4 is 10.6 Å². The second-order valence-corrected chi connectivity index (χ2v) is 10.2. The van der Waals surface area contributed by atoms with E-state index in [1.807, 2.05) is 32.9 Å². The summed E-state index contributed by atoms with van der Waals surface area (Å²) >= 11 is 1.52. The van der Waals surface area contributed by atoms with Gasteiger partial charge in [-0.1, -0.05) is 20.8 Å². The smallest absolute Gasteiger partial charge is 0.296 e. The van der Waals surface area contributed by atoms with Crippen molar-refractivity contribution in [2.75, 3.05) is 4.90 Å². The first-order valence-electron chi connectivity index (χ1n) is 10.6. The molecule has 1 atom stereocenters. The van der Waals surface area contributed by atoms with Gasteiger partial charge in [-0.15, -0.1) is 11.3 Å². The standard InChI is InChI=1S/C24H23FN4O3S/c1-4-14-6-8-20(33-14)21-15(12-26)23(27)28(16-7-5-13(25)9-17(16)29(31)32)18-10-24(2,3)11-19(30)22(18)21/h5-9,21H,4,10-11,27H2,1-3H3. The molecule has 2 aromatic rings. The molecule has 0 bridgehead atoms. The Labute approximate surface area is 194 Å². The minimum Gasteiger partial charge on any atom is -0.384 e. The Kier molecular flexibility index (Phi) is 5.58. The zero-order valence-corrected chi connectivity index (χ0v) is 19.3. The lowest BCUT2D eigenvalue weighted by Gasteiger charge is -2.43. The van der Waals surface area contributed by atoms with Gasteiger partial charge in [0.2, 0.25) is 0 Å². The molecule has 0 fully saturated rings. The van der Waals surface area contributed by atoms with Crippen LogP contribution in [0.25, 0.3) is 0 Å². The zero-order chi connectivity index (χ0) is 24.1. The summed E-state index contributed by atoms with van der Waals surface area (Å²) < 4.78 is 13.9. The number of nitrogens with zero attached hydrogens (tertiary/aromatic N) is 3. The highest BCUT2D eigenvalue weighted by atomic mass is 32.1. The Balaban J connectivity index is 2.03. The number of anilines is 1. The van der Waals surface area contributed by atoms with E-state index in [0.717, 1.165) is 28.3 Å². The van der Waals surface area contributed by atoms with Crippen LogP contribution in [0.1, 0.15) is 49.3 Å². The van der Waals surface area contributed by atoms with Gasteiger partial charge in [-0.2, -0.15) is 5.26 Å². The van der Waals surface area contributed by atoms with Gasteiger partial charge in [0.1, 0.15) is 17.3 Å². The third-order valence-electron chi connectivity index (χ3n) is 6.07. The summed E-state index contributed by atoms with van der Waals surface area (Å²) in [6, 6.07) is 9.24. The van der Waals surface area contributed by atoms with Crippen molar-refractivity contribution in [3.63, 3.8) is 0 Å². The number of hydrogen-bond donors (Lipinski definition) is 1. The van der Waals surface area contributed by atoms with E-state index in [1.165, 1.54) is 22.3 Å². The Morgan fingerprint density at radius 2 is 2.06 bits per heavy atom. The number of nitro groups is 1. The first-order valence-corrected chi connectivity index (χ1v) is 11.4. The van der Waals surface area contributed by atoms with Crippen molar-refractivity contribution < 1.29 is 14.1 Å². The maximum Gasteiger partial charge on any atom is 0.296 e. The van der Waals surface area contributed by atoms with Crippen LogP contribution in [0, 0.1) is 32.7 Å². The van der Waals surface area contributed by atoms with E-state index < -0.39 is 27.8 Å². The Morgan fingerprint density at radius 1 is 1.33 bits per heavy atom. The Morgan fingerprint density at radius 3 is 2.67 bits per heavy atom. The quantitative estimate of drug-likeness (QED) is 0.483. The van der Waals surface area contributed by atoms with Gasteiger partial charge >= 0.3 is 0 Å². The minimum atomic E-state index is -0.761. The molecule has 0 spiro atoms. The normalized spacial score (nSPS) is 20.0. The van der Waals surface area contributed by atoms with E-state index in [0.29, 0.717) is 17.7 Å². The van der Waals surface area contributed by atoms with Crippen LogP contribution in [0.2, 0.25) is 0 Å². The second-order valence-electron chi connectivity index (χ2n) is 9.03. The number of carbonyl (C=O) groups excluding carboxylic acids is 1. The molecule has 0 amide bonds. The summed E-state index contributed by atoms with van der Waals surface area (Å²) in [5.74, 6) is -1.49. The molecule has 1 aromatic heterocycles. The van der Waals surface area contributed by atoms with Gasteiger partial charge < -0.3 is 5.73 Å². The summed E-state index contributed by atoms with van der Waals surface area (Å²) in [5, 5.41) is 21.8. The van der Waals surface area contributed by atoms with Crippen LogP contribution in [-0.4, -0.2) is 10.7 Å². The highest BCUT2D eigenvalue weighted by Gasteiger charge is 2.46. The number of allylic oxidation sites excluding steroid dienone is 3. The third-order valence-corrected chi connectivity index (χ3v) is 7.37. The SMILES string of the molecule is CCc1ccc(C2C(C#N)=C(N)N(c3ccc(F)cc3[N+](=O)[O-])C3=C2C(=O)CC(C)(C)C3)s1. The highest BCUT2D eigenvalue weighted by Crippen LogP contribution is 2.52. The summed E-state index contributed by atoms with van der Waals surface area (Å²) in [5.41, 5.74) is 6.76. The largest absolute Gasteiger partial charge is 0.384 e. The molecule has 9 heteroatoms. The zero-order valence-electron chi connectivity index (χ0n) is 18.5. The van der Waals surface area contributed by atoms with Crippen molar-refractivity contribution in [1.82, 2.24) is 0 Å². The maximum absolute atomic E-state index is 13.9. The molecule has 2 heterocycles. The van der Waals surface area contributed by atoms with Gasteiger partial charge in [-0.25, -0.2) is 4.39 Å². The van der Waals surface area contributed by atoms with Crippen molar-refractivity contribution in [2.45, 2.75) is 46.0 Å².